The first-order chi connectivity index (χ1) is 23.4. The van der Waals surface area contributed by atoms with Crippen molar-refractivity contribution in [3.05, 3.63) is 98.7 Å². The van der Waals surface area contributed by atoms with Crippen molar-refractivity contribution in [3.63, 3.8) is 0 Å². The molecule has 1 aliphatic rings. The van der Waals surface area contributed by atoms with Gasteiger partial charge in [-0.2, -0.15) is 0 Å². The number of allylic oxidation sites excluding steroid dienone is 5. The molecule has 0 fully saturated rings. The summed E-state index contributed by atoms with van der Waals surface area (Å²) in [6.45, 7) is 10.3. The number of ketones is 1. The van der Waals surface area contributed by atoms with Crippen LogP contribution in [-0.4, -0.2) is 46.5 Å². The third-order valence-corrected chi connectivity index (χ3v) is 7.88. The SMILES string of the molecule is CCN(CC)c1ccc2c(OB(F)F)c(C(=O)/C=C/C=C/C=C3\O[B-](F)(F)Oc4c3c(=O)oc3cc(N(CC)CC)ccc43)c(=O)oc2c1. The Labute approximate surface area is 278 Å². The van der Waals surface area contributed by atoms with Crippen LogP contribution < -0.4 is 30.4 Å². The summed E-state index contributed by atoms with van der Waals surface area (Å²) in [6, 6.07) is 9.32. The van der Waals surface area contributed by atoms with Crippen LogP contribution in [0.25, 0.3) is 27.7 Å². The van der Waals surface area contributed by atoms with Gasteiger partial charge in [-0.25, -0.2) is 18.2 Å². The normalized spacial score (nSPS) is 14.7. The van der Waals surface area contributed by atoms with Crippen molar-refractivity contribution >= 4 is 59.4 Å². The third-order valence-electron chi connectivity index (χ3n) is 7.88. The minimum absolute atomic E-state index is 0.0124. The third kappa shape index (κ3) is 7.22. The standard InChI is InChI=1S/C33H31B2F4N2O8/c1-5-40(6-2)20-14-16-22-26(18-20)45-32(43)28(30(22)47-34(36)37)24(42)12-10-9-11-13-25-29-31(49-35(38,39)48-25)23-17-15-21(41(7-3)8-4)19-27(23)46-33(29)44/h9-19H,5-8H2,1-4H3/q-1/b11-9+,12-10+,25-13-. The van der Waals surface area contributed by atoms with E-state index in [9.17, 15) is 31.6 Å². The summed E-state index contributed by atoms with van der Waals surface area (Å²) < 4.78 is 80.9. The molecular weight excluding hydrogens is 650 g/mol. The van der Waals surface area contributed by atoms with Crippen molar-refractivity contribution in [2.75, 3.05) is 36.0 Å². The minimum atomic E-state index is -4.87. The van der Waals surface area contributed by atoms with Crippen LogP contribution in [-0.2, 0) is 4.65 Å². The predicted octanol–water partition coefficient (Wildman–Crippen LogP) is 7.01. The summed E-state index contributed by atoms with van der Waals surface area (Å²) in [5.41, 5.74) is -1.90. The first kappa shape index (κ1) is 34.9. The highest BCUT2D eigenvalue weighted by Gasteiger charge is 2.41. The van der Waals surface area contributed by atoms with Gasteiger partial charge in [0, 0.05) is 49.7 Å². The van der Waals surface area contributed by atoms with Crippen LogP contribution in [0.5, 0.6) is 11.5 Å². The van der Waals surface area contributed by atoms with Gasteiger partial charge >= 0.3 is 25.8 Å². The smallest absolute Gasteiger partial charge is 0.627 e. The molecule has 5 rings (SSSR count). The van der Waals surface area contributed by atoms with Crippen molar-refractivity contribution in [1.82, 2.24) is 0 Å². The van der Waals surface area contributed by atoms with Crippen molar-refractivity contribution in [2.24, 2.45) is 0 Å². The lowest BCUT2D eigenvalue weighted by Crippen LogP contribution is -2.40. The van der Waals surface area contributed by atoms with Crippen LogP contribution in [0.1, 0.15) is 43.6 Å². The molecule has 0 spiro atoms. The fraction of sp³-hybridized carbons (Fsp3) is 0.242. The summed E-state index contributed by atoms with van der Waals surface area (Å²) in [6.07, 6.45) is 5.44. The summed E-state index contributed by atoms with van der Waals surface area (Å²) in [5, 5.41) is 0.123. The monoisotopic (exact) mass is 681 g/mol. The summed E-state index contributed by atoms with van der Waals surface area (Å²) in [7, 11) is -8.22. The van der Waals surface area contributed by atoms with Crippen molar-refractivity contribution in [3.8, 4) is 11.5 Å². The fourth-order valence-corrected chi connectivity index (χ4v) is 5.58. The van der Waals surface area contributed by atoms with Gasteiger partial charge in [-0.05, 0) is 64.1 Å². The Morgan fingerprint density at radius 3 is 1.98 bits per heavy atom. The molecule has 4 aromatic rings. The molecule has 0 N–H and O–H groups in total. The Bertz CT molecular complexity index is 2100. The van der Waals surface area contributed by atoms with E-state index in [1.807, 2.05) is 37.5 Å². The van der Waals surface area contributed by atoms with E-state index in [-0.39, 0.29) is 27.5 Å². The molecule has 0 bridgehead atoms. The van der Waals surface area contributed by atoms with Gasteiger partial charge in [-0.15, -0.1) is 0 Å². The van der Waals surface area contributed by atoms with Crippen LogP contribution in [0, 0.1) is 0 Å². The Kier molecular flexibility index (Phi) is 10.2. The lowest BCUT2D eigenvalue weighted by atomic mass is 10.0. The van der Waals surface area contributed by atoms with Gasteiger partial charge in [-0.3, -0.25) is 4.79 Å². The Morgan fingerprint density at radius 2 is 1.39 bits per heavy atom. The first-order valence-corrected chi connectivity index (χ1v) is 15.5. The highest BCUT2D eigenvalue weighted by molar-refractivity contribution is 6.54. The molecule has 0 unspecified atom stereocenters. The molecule has 0 amide bonds. The zero-order valence-corrected chi connectivity index (χ0v) is 27.0. The van der Waals surface area contributed by atoms with Gasteiger partial charge in [0.05, 0.1) is 16.5 Å². The molecule has 0 atom stereocenters. The number of halogens is 4. The topological polar surface area (TPSA) is 112 Å². The maximum atomic E-state index is 14.6. The van der Waals surface area contributed by atoms with E-state index >= 15 is 0 Å². The van der Waals surface area contributed by atoms with Gasteiger partial charge in [0.1, 0.15) is 33.8 Å². The predicted molar refractivity (Wildman–Crippen MR) is 181 cm³/mol. The Hall–Kier alpha value is -5.40. The van der Waals surface area contributed by atoms with Gasteiger partial charge < -0.3 is 41.2 Å². The summed E-state index contributed by atoms with van der Waals surface area (Å²) >= 11 is 0. The number of anilines is 2. The quantitative estimate of drug-likeness (QED) is 0.0387. The zero-order valence-electron chi connectivity index (χ0n) is 27.0. The van der Waals surface area contributed by atoms with Crippen LogP contribution in [0.15, 0.2) is 85.2 Å². The van der Waals surface area contributed by atoms with E-state index in [4.69, 9.17) is 13.5 Å². The molecule has 2 aromatic heterocycles. The molecule has 2 aromatic carbocycles. The van der Waals surface area contributed by atoms with E-state index in [1.54, 1.807) is 18.2 Å². The number of fused-ring (bicyclic) bond motifs is 4. The van der Waals surface area contributed by atoms with E-state index in [0.717, 1.165) is 23.9 Å². The molecule has 3 heterocycles. The van der Waals surface area contributed by atoms with E-state index < -0.39 is 54.4 Å². The Morgan fingerprint density at radius 1 is 0.816 bits per heavy atom. The second kappa shape index (κ2) is 14.4. The number of hydrogen-bond acceptors (Lipinski definition) is 10. The average Bonchev–Trinajstić information content (AvgIpc) is 3.04. The molecule has 256 valence electrons. The van der Waals surface area contributed by atoms with E-state index in [2.05, 4.69) is 9.31 Å². The molecule has 0 aliphatic carbocycles. The van der Waals surface area contributed by atoms with Crippen molar-refractivity contribution < 1.29 is 44.9 Å². The average molecular weight is 681 g/mol. The molecule has 49 heavy (non-hydrogen) atoms. The van der Waals surface area contributed by atoms with Crippen LogP contribution in [0.2, 0.25) is 0 Å². The van der Waals surface area contributed by atoms with Gasteiger partial charge in [-0.1, -0.05) is 18.2 Å². The number of carbonyl (C=O) groups is 1. The second-order valence-corrected chi connectivity index (χ2v) is 10.7. The number of benzene rings is 2. The largest absolute Gasteiger partial charge is 0.796 e. The van der Waals surface area contributed by atoms with Crippen LogP contribution in [0.4, 0.5) is 28.6 Å². The lowest BCUT2D eigenvalue weighted by Gasteiger charge is -2.35. The molecule has 10 nitrogen and oxygen atoms in total. The summed E-state index contributed by atoms with van der Waals surface area (Å²) in [4.78, 5) is 42.8. The fourth-order valence-electron chi connectivity index (χ4n) is 5.58. The van der Waals surface area contributed by atoms with Crippen LogP contribution in [0.3, 0.4) is 0 Å². The molecule has 16 heteroatoms. The van der Waals surface area contributed by atoms with Crippen molar-refractivity contribution in [2.45, 2.75) is 27.7 Å². The van der Waals surface area contributed by atoms with Gasteiger partial charge in [0.15, 0.2) is 5.78 Å². The number of carbonyl (C=O) groups excluding carboxylic acids is 1. The number of hydrogen-bond donors (Lipinski definition) is 0. The molecule has 0 saturated carbocycles. The zero-order chi connectivity index (χ0) is 35.5. The van der Waals surface area contributed by atoms with Gasteiger partial charge in [0.2, 0.25) is 0 Å². The molecule has 0 saturated heterocycles. The molecule has 1 aliphatic heterocycles. The van der Waals surface area contributed by atoms with Crippen molar-refractivity contribution in [1.29, 1.82) is 0 Å². The highest BCUT2D eigenvalue weighted by Crippen LogP contribution is 2.41. The Balaban J connectivity index is 1.46. The molecular formula is C33H31B2F4N2O8-. The first-order valence-electron chi connectivity index (χ1n) is 15.5. The summed E-state index contributed by atoms with van der Waals surface area (Å²) in [5.74, 6) is -2.61. The molecule has 0 radical (unpaired) electrons. The number of nitrogens with zero attached hydrogens (tertiary/aromatic N) is 2. The number of rotatable bonds is 12. The van der Waals surface area contributed by atoms with E-state index in [0.29, 0.717) is 31.9 Å². The maximum Gasteiger partial charge on any atom is 0.796 e. The van der Waals surface area contributed by atoms with Crippen LogP contribution >= 0.6 is 0 Å². The maximum absolute atomic E-state index is 14.6. The minimum Gasteiger partial charge on any atom is -0.627 e. The van der Waals surface area contributed by atoms with Gasteiger partial charge in [0.25, 0.3) is 0 Å². The second-order valence-electron chi connectivity index (χ2n) is 10.7. The highest BCUT2D eigenvalue weighted by atomic mass is 19.3. The lowest BCUT2D eigenvalue weighted by molar-refractivity contribution is 0.104. The van der Waals surface area contributed by atoms with E-state index in [1.165, 1.54) is 30.4 Å².